The number of hydrogen-bond acceptors (Lipinski definition) is 5. The maximum atomic E-state index is 13.5. The number of nitrogens with zero attached hydrogens (tertiary/aromatic N) is 3. The number of nitrogens with one attached hydrogen (secondary N) is 1. The molecule has 0 spiro atoms. The summed E-state index contributed by atoms with van der Waals surface area (Å²) < 4.78 is 13.5. The van der Waals surface area contributed by atoms with Crippen molar-refractivity contribution in [3.8, 4) is 0 Å². The van der Waals surface area contributed by atoms with E-state index in [1.165, 1.54) is 23.9 Å². The highest BCUT2D eigenvalue weighted by Crippen LogP contribution is 2.39. The predicted octanol–water partition coefficient (Wildman–Crippen LogP) is 5.97. The van der Waals surface area contributed by atoms with E-state index in [9.17, 15) is 14.0 Å². The van der Waals surface area contributed by atoms with E-state index in [1.54, 1.807) is 23.2 Å². The lowest BCUT2D eigenvalue weighted by molar-refractivity contribution is -0.121. The fourth-order valence-corrected chi connectivity index (χ4v) is 5.44. The summed E-state index contributed by atoms with van der Waals surface area (Å²) in [7, 11) is 0. The van der Waals surface area contributed by atoms with Crippen LogP contribution >= 0.6 is 23.4 Å². The SMILES string of the molecule is Cc1cccc(NC(=O)C[C@@H]2SC(N3N=C(c4ccc(F)cc4)C[C@H]3c3cccc(Cl)c3)=NC2=O)c1. The Morgan fingerprint density at radius 1 is 1.14 bits per heavy atom. The van der Waals surface area contributed by atoms with E-state index in [1.807, 2.05) is 49.4 Å². The van der Waals surface area contributed by atoms with Gasteiger partial charge in [-0.15, -0.1) is 0 Å². The van der Waals surface area contributed by atoms with Crippen molar-refractivity contribution in [1.82, 2.24) is 5.01 Å². The van der Waals surface area contributed by atoms with Crippen LogP contribution in [0.15, 0.2) is 82.9 Å². The molecule has 0 aromatic heterocycles. The lowest BCUT2D eigenvalue weighted by Crippen LogP contribution is -2.25. The minimum absolute atomic E-state index is 0.00531. The first-order valence-corrected chi connectivity index (χ1v) is 12.7. The number of thioether (sulfide) groups is 1. The van der Waals surface area contributed by atoms with Crippen LogP contribution in [0.2, 0.25) is 5.02 Å². The summed E-state index contributed by atoms with van der Waals surface area (Å²) in [5.41, 5.74) is 4.16. The van der Waals surface area contributed by atoms with Crippen molar-refractivity contribution in [2.75, 3.05) is 5.32 Å². The van der Waals surface area contributed by atoms with Gasteiger partial charge in [-0.3, -0.25) is 9.59 Å². The van der Waals surface area contributed by atoms with Gasteiger partial charge in [0.25, 0.3) is 5.91 Å². The molecular weight excluding hydrogens is 499 g/mol. The van der Waals surface area contributed by atoms with E-state index in [0.29, 0.717) is 22.3 Å². The van der Waals surface area contributed by atoms with Gasteiger partial charge in [0.05, 0.1) is 11.8 Å². The summed E-state index contributed by atoms with van der Waals surface area (Å²) in [4.78, 5) is 29.6. The quantitative estimate of drug-likeness (QED) is 0.450. The molecule has 3 aromatic rings. The van der Waals surface area contributed by atoms with Crippen LogP contribution in [0.4, 0.5) is 10.1 Å². The first kappa shape index (κ1) is 24.2. The van der Waals surface area contributed by atoms with E-state index in [0.717, 1.165) is 22.4 Å². The number of hydrazone groups is 1. The maximum absolute atomic E-state index is 13.5. The molecule has 2 aliphatic rings. The van der Waals surface area contributed by atoms with Gasteiger partial charge in [-0.1, -0.05) is 59.8 Å². The molecule has 3 aromatic carbocycles. The summed E-state index contributed by atoms with van der Waals surface area (Å²) in [6.07, 6.45) is 0.521. The van der Waals surface area contributed by atoms with Gasteiger partial charge < -0.3 is 5.32 Å². The largest absolute Gasteiger partial charge is 0.326 e. The average Bonchev–Trinajstić information content (AvgIpc) is 3.44. The Bertz CT molecular complexity index is 1390. The number of carbonyl (C=O) groups is 2. The average molecular weight is 521 g/mol. The first-order valence-electron chi connectivity index (χ1n) is 11.4. The molecule has 0 saturated carbocycles. The Labute approximate surface area is 217 Å². The smallest absolute Gasteiger partial charge is 0.262 e. The van der Waals surface area contributed by atoms with Crippen LogP contribution in [0.1, 0.15) is 35.6 Å². The van der Waals surface area contributed by atoms with Crippen molar-refractivity contribution in [3.05, 3.63) is 100 Å². The Morgan fingerprint density at radius 2 is 1.92 bits per heavy atom. The number of aryl methyl sites for hydroxylation is 1. The zero-order valence-electron chi connectivity index (χ0n) is 19.3. The van der Waals surface area contributed by atoms with Gasteiger partial charge in [0.1, 0.15) is 11.1 Å². The molecule has 2 atom stereocenters. The zero-order valence-corrected chi connectivity index (χ0v) is 20.9. The molecular formula is C27H22ClFN4O2S. The van der Waals surface area contributed by atoms with Crippen molar-refractivity contribution in [3.63, 3.8) is 0 Å². The van der Waals surface area contributed by atoms with Crippen LogP contribution in [-0.2, 0) is 9.59 Å². The number of amidine groups is 1. The Balaban J connectivity index is 1.36. The number of anilines is 1. The van der Waals surface area contributed by atoms with Gasteiger partial charge >= 0.3 is 0 Å². The van der Waals surface area contributed by atoms with Crippen molar-refractivity contribution in [1.29, 1.82) is 0 Å². The lowest BCUT2D eigenvalue weighted by Gasteiger charge is -2.23. The van der Waals surface area contributed by atoms with Gasteiger partial charge in [-0.25, -0.2) is 9.40 Å². The molecule has 0 unspecified atom stereocenters. The Morgan fingerprint density at radius 3 is 2.67 bits per heavy atom. The van der Waals surface area contributed by atoms with Gasteiger partial charge in [0.2, 0.25) is 5.91 Å². The highest BCUT2D eigenvalue weighted by atomic mass is 35.5. The molecule has 0 bridgehead atoms. The second-order valence-electron chi connectivity index (χ2n) is 8.63. The monoisotopic (exact) mass is 520 g/mol. The molecule has 2 amide bonds. The molecule has 0 saturated heterocycles. The van der Waals surface area contributed by atoms with Gasteiger partial charge in [0, 0.05) is 23.6 Å². The van der Waals surface area contributed by atoms with Gasteiger partial charge in [-0.05, 0) is 60.0 Å². The molecule has 0 fully saturated rings. The van der Waals surface area contributed by atoms with Crippen molar-refractivity contribution >= 4 is 51.7 Å². The summed E-state index contributed by atoms with van der Waals surface area (Å²) in [5, 5.41) is 9.69. The van der Waals surface area contributed by atoms with Gasteiger partial charge in [0.15, 0.2) is 5.17 Å². The summed E-state index contributed by atoms with van der Waals surface area (Å²) >= 11 is 7.48. The predicted molar refractivity (Wildman–Crippen MR) is 142 cm³/mol. The standard InChI is InChI=1S/C27H22ClFN4O2S/c1-16-4-2-7-21(12-16)30-25(34)15-24-26(35)31-27(36-24)33-23(18-5-3-6-19(28)13-18)14-22(32-33)17-8-10-20(29)11-9-17/h2-13,23-24H,14-15H2,1H3,(H,30,34)/t23-,24-/m0/s1. The third-order valence-electron chi connectivity index (χ3n) is 5.92. The van der Waals surface area contributed by atoms with Crippen LogP contribution in [-0.4, -0.2) is 33.0 Å². The van der Waals surface area contributed by atoms with E-state index in [2.05, 4.69) is 10.3 Å². The number of hydrogen-bond donors (Lipinski definition) is 1. The molecule has 9 heteroatoms. The normalized spacial score (nSPS) is 19.3. The van der Waals surface area contributed by atoms with E-state index >= 15 is 0 Å². The van der Waals surface area contributed by atoms with E-state index in [4.69, 9.17) is 16.7 Å². The van der Waals surface area contributed by atoms with Crippen molar-refractivity contribution in [2.45, 2.75) is 31.1 Å². The molecule has 6 nitrogen and oxygen atoms in total. The summed E-state index contributed by atoms with van der Waals surface area (Å²) in [5.74, 6) is -0.954. The van der Waals surface area contributed by atoms with Crippen LogP contribution in [0, 0.1) is 12.7 Å². The highest BCUT2D eigenvalue weighted by molar-refractivity contribution is 8.15. The number of amides is 2. The summed E-state index contributed by atoms with van der Waals surface area (Å²) in [6, 6.07) is 20.8. The molecule has 0 radical (unpaired) electrons. The van der Waals surface area contributed by atoms with Crippen LogP contribution in [0.5, 0.6) is 0 Å². The van der Waals surface area contributed by atoms with Crippen molar-refractivity contribution in [2.24, 2.45) is 10.1 Å². The van der Waals surface area contributed by atoms with E-state index in [-0.39, 0.29) is 30.1 Å². The Kier molecular flexibility index (Phi) is 6.89. The number of benzene rings is 3. The number of aliphatic imine (C=N–C) groups is 1. The van der Waals surface area contributed by atoms with Crippen LogP contribution in [0.3, 0.4) is 0 Å². The highest BCUT2D eigenvalue weighted by Gasteiger charge is 2.39. The molecule has 36 heavy (non-hydrogen) atoms. The van der Waals surface area contributed by atoms with Crippen LogP contribution < -0.4 is 5.32 Å². The fourth-order valence-electron chi connectivity index (χ4n) is 4.18. The third-order valence-corrected chi connectivity index (χ3v) is 7.30. The lowest BCUT2D eigenvalue weighted by atomic mass is 9.98. The number of carbonyl (C=O) groups excluding carboxylic acids is 2. The molecule has 0 aliphatic carbocycles. The van der Waals surface area contributed by atoms with Gasteiger partial charge in [-0.2, -0.15) is 10.1 Å². The van der Waals surface area contributed by atoms with Crippen molar-refractivity contribution < 1.29 is 14.0 Å². The van der Waals surface area contributed by atoms with Crippen LogP contribution in [0.25, 0.3) is 0 Å². The zero-order chi connectivity index (χ0) is 25.2. The topological polar surface area (TPSA) is 74.1 Å². The third kappa shape index (κ3) is 5.34. The van der Waals surface area contributed by atoms with E-state index < -0.39 is 5.25 Å². The number of halogens is 2. The first-order chi connectivity index (χ1) is 17.4. The number of rotatable bonds is 5. The fraction of sp³-hybridized carbons (Fsp3) is 0.185. The maximum Gasteiger partial charge on any atom is 0.262 e. The second-order valence-corrected chi connectivity index (χ2v) is 10.2. The summed E-state index contributed by atoms with van der Waals surface area (Å²) in [6.45, 7) is 1.94. The molecule has 2 heterocycles. The molecule has 182 valence electrons. The molecule has 5 rings (SSSR count). The molecule has 1 N–H and O–H groups in total. The molecule has 2 aliphatic heterocycles. The minimum Gasteiger partial charge on any atom is -0.326 e. The Hall–Kier alpha value is -3.49. The minimum atomic E-state index is -0.644. The second kappa shape index (κ2) is 10.2.